The molecular formula is C22H20N4OS. The number of ether oxygens (including phenoxy) is 1. The molecule has 4 heterocycles. The lowest BCUT2D eigenvalue weighted by Gasteiger charge is -2.03. The molecule has 0 saturated carbocycles. The summed E-state index contributed by atoms with van der Waals surface area (Å²) in [7, 11) is 3.76. The fraction of sp³-hybridized carbons (Fsp3) is 0.182. The summed E-state index contributed by atoms with van der Waals surface area (Å²) in [5, 5.41) is 5.52. The number of benzene rings is 1. The van der Waals surface area contributed by atoms with Crippen LogP contribution in [-0.4, -0.2) is 32.8 Å². The number of aromatic nitrogens is 4. The monoisotopic (exact) mass is 388 g/mol. The standard InChI is InChI=1S/C22H20N4OS/c1-25-12-17(16-7-5-9-23-21(16)25)19-14-28-22(24-19)18-13-26(10-11-27-2)20-8-4-3-6-15(18)20/h3-9,12-14H,10-11H2,1-2H3. The number of methoxy groups -OCH3 is 1. The van der Waals surface area contributed by atoms with Crippen molar-refractivity contribution < 1.29 is 4.74 Å². The average molecular weight is 388 g/mol. The van der Waals surface area contributed by atoms with E-state index in [9.17, 15) is 0 Å². The van der Waals surface area contributed by atoms with Crippen LogP contribution in [0, 0.1) is 0 Å². The van der Waals surface area contributed by atoms with Crippen LogP contribution in [0.2, 0.25) is 0 Å². The van der Waals surface area contributed by atoms with Crippen molar-refractivity contribution in [2.75, 3.05) is 13.7 Å². The van der Waals surface area contributed by atoms with E-state index in [0.29, 0.717) is 6.61 Å². The third kappa shape index (κ3) is 2.73. The maximum Gasteiger partial charge on any atom is 0.140 e. The topological polar surface area (TPSA) is 44.9 Å². The third-order valence-corrected chi connectivity index (χ3v) is 5.94. The number of hydrogen-bond acceptors (Lipinski definition) is 4. The molecule has 0 spiro atoms. The number of hydrogen-bond donors (Lipinski definition) is 0. The first kappa shape index (κ1) is 17.2. The average Bonchev–Trinajstić information content (AvgIpc) is 3.43. The zero-order valence-electron chi connectivity index (χ0n) is 15.8. The van der Waals surface area contributed by atoms with Crippen LogP contribution >= 0.6 is 11.3 Å². The largest absolute Gasteiger partial charge is 0.383 e. The molecule has 140 valence electrons. The van der Waals surface area contributed by atoms with Crippen molar-refractivity contribution in [1.29, 1.82) is 0 Å². The van der Waals surface area contributed by atoms with Crippen LogP contribution in [0.1, 0.15) is 0 Å². The van der Waals surface area contributed by atoms with Gasteiger partial charge in [-0.3, -0.25) is 0 Å². The molecule has 5 nitrogen and oxygen atoms in total. The van der Waals surface area contributed by atoms with Crippen molar-refractivity contribution in [3.8, 4) is 21.8 Å². The van der Waals surface area contributed by atoms with Crippen molar-refractivity contribution >= 4 is 33.3 Å². The summed E-state index contributed by atoms with van der Waals surface area (Å²) in [5.74, 6) is 0. The minimum atomic E-state index is 0.685. The van der Waals surface area contributed by atoms with Gasteiger partial charge in [-0.1, -0.05) is 18.2 Å². The highest BCUT2D eigenvalue weighted by Crippen LogP contribution is 2.36. The Morgan fingerprint density at radius 1 is 1.04 bits per heavy atom. The SMILES string of the molecule is COCCn1cc(-c2nc(-c3cn(C)c4ncccc34)cs2)c2ccccc21. The van der Waals surface area contributed by atoms with Gasteiger partial charge in [-0.05, 0) is 18.2 Å². The molecule has 0 unspecified atom stereocenters. The van der Waals surface area contributed by atoms with Gasteiger partial charge in [0.1, 0.15) is 10.7 Å². The van der Waals surface area contributed by atoms with Crippen LogP contribution in [0.25, 0.3) is 43.8 Å². The second-order valence-corrected chi connectivity index (χ2v) is 7.67. The maximum atomic E-state index is 5.27. The first-order chi connectivity index (χ1) is 13.8. The van der Waals surface area contributed by atoms with Gasteiger partial charge in [0.2, 0.25) is 0 Å². The van der Waals surface area contributed by atoms with Gasteiger partial charge < -0.3 is 13.9 Å². The van der Waals surface area contributed by atoms with Gasteiger partial charge in [0, 0.05) is 72.1 Å². The van der Waals surface area contributed by atoms with Crippen LogP contribution < -0.4 is 0 Å². The second kappa shape index (κ2) is 6.89. The second-order valence-electron chi connectivity index (χ2n) is 6.81. The Bertz CT molecular complexity index is 1280. The van der Waals surface area contributed by atoms with E-state index in [4.69, 9.17) is 9.72 Å². The Balaban J connectivity index is 1.62. The van der Waals surface area contributed by atoms with Gasteiger partial charge >= 0.3 is 0 Å². The highest BCUT2D eigenvalue weighted by atomic mass is 32.1. The fourth-order valence-corrected chi connectivity index (χ4v) is 4.57. The molecule has 1 aromatic carbocycles. The minimum Gasteiger partial charge on any atom is -0.383 e. The lowest BCUT2D eigenvalue weighted by molar-refractivity contribution is 0.188. The molecule has 0 aliphatic rings. The van der Waals surface area contributed by atoms with Gasteiger partial charge in [-0.25, -0.2) is 9.97 Å². The molecule has 0 aliphatic heterocycles. The zero-order chi connectivity index (χ0) is 19.1. The number of fused-ring (bicyclic) bond motifs is 2. The first-order valence-electron chi connectivity index (χ1n) is 9.19. The molecule has 0 saturated heterocycles. The lowest BCUT2D eigenvalue weighted by Crippen LogP contribution is -2.02. The molecule has 4 aromatic heterocycles. The zero-order valence-corrected chi connectivity index (χ0v) is 16.6. The minimum absolute atomic E-state index is 0.685. The summed E-state index contributed by atoms with van der Waals surface area (Å²) in [6, 6.07) is 12.6. The van der Waals surface area contributed by atoms with Crippen LogP contribution in [0.4, 0.5) is 0 Å². The predicted octanol–water partition coefficient (Wildman–Crippen LogP) is 4.96. The van der Waals surface area contributed by atoms with Crippen LogP contribution in [0.3, 0.4) is 0 Å². The smallest absolute Gasteiger partial charge is 0.140 e. The molecule has 0 N–H and O–H groups in total. The summed E-state index contributed by atoms with van der Waals surface area (Å²) < 4.78 is 9.58. The van der Waals surface area contributed by atoms with Crippen LogP contribution in [0.5, 0.6) is 0 Å². The van der Waals surface area contributed by atoms with Gasteiger partial charge in [-0.15, -0.1) is 11.3 Å². The molecule has 5 rings (SSSR count). The number of pyridine rings is 1. The highest BCUT2D eigenvalue weighted by Gasteiger charge is 2.16. The quantitative estimate of drug-likeness (QED) is 0.427. The molecule has 0 atom stereocenters. The molecule has 28 heavy (non-hydrogen) atoms. The number of aryl methyl sites for hydroxylation is 1. The summed E-state index contributed by atoms with van der Waals surface area (Å²) in [4.78, 5) is 9.48. The number of para-hydroxylation sites is 1. The van der Waals surface area contributed by atoms with Crippen molar-refractivity contribution in [3.05, 3.63) is 60.4 Å². The molecule has 0 aliphatic carbocycles. The predicted molar refractivity (Wildman–Crippen MR) is 115 cm³/mol. The molecule has 0 radical (unpaired) electrons. The first-order valence-corrected chi connectivity index (χ1v) is 10.1. The molecule has 0 fully saturated rings. The lowest BCUT2D eigenvalue weighted by atomic mass is 10.1. The molecule has 6 heteroatoms. The van der Waals surface area contributed by atoms with Crippen molar-refractivity contribution in [3.63, 3.8) is 0 Å². The van der Waals surface area contributed by atoms with Gasteiger partial charge in [-0.2, -0.15) is 0 Å². The van der Waals surface area contributed by atoms with Crippen molar-refractivity contribution in [2.24, 2.45) is 7.05 Å². The molecule has 5 aromatic rings. The van der Waals surface area contributed by atoms with E-state index >= 15 is 0 Å². The van der Waals surface area contributed by atoms with E-state index in [1.54, 1.807) is 18.4 Å². The molecule has 0 bridgehead atoms. The van der Waals surface area contributed by atoms with E-state index in [1.807, 2.05) is 19.3 Å². The number of rotatable bonds is 5. The van der Waals surface area contributed by atoms with E-state index in [2.05, 4.69) is 62.2 Å². The molecular weight excluding hydrogens is 368 g/mol. The maximum absolute atomic E-state index is 5.27. The Hall–Kier alpha value is -2.96. The summed E-state index contributed by atoms with van der Waals surface area (Å²) in [6.07, 6.45) is 6.13. The Morgan fingerprint density at radius 3 is 2.79 bits per heavy atom. The van der Waals surface area contributed by atoms with E-state index in [0.717, 1.165) is 33.8 Å². The van der Waals surface area contributed by atoms with E-state index in [-0.39, 0.29) is 0 Å². The Morgan fingerprint density at radius 2 is 1.89 bits per heavy atom. The summed E-state index contributed by atoms with van der Waals surface area (Å²) in [5.41, 5.74) is 5.47. The Labute approximate surface area is 166 Å². The van der Waals surface area contributed by atoms with Gasteiger partial charge in [0.25, 0.3) is 0 Å². The number of nitrogens with zero attached hydrogens (tertiary/aromatic N) is 4. The van der Waals surface area contributed by atoms with Crippen LogP contribution in [-0.2, 0) is 18.3 Å². The third-order valence-electron chi connectivity index (χ3n) is 5.07. The van der Waals surface area contributed by atoms with Gasteiger partial charge in [0.15, 0.2) is 0 Å². The van der Waals surface area contributed by atoms with Crippen molar-refractivity contribution in [2.45, 2.75) is 6.54 Å². The van der Waals surface area contributed by atoms with Gasteiger partial charge in [0.05, 0.1) is 12.3 Å². The highest BCUT2D eigenvalue weighted by molar-refractivity contribution is 7.13. The Kier molecular flexibility index (Phi) is 4.22. The number of thiazole rings is 1. The summed E-state index contributed by atoms with van der Waals surface area (Å²) >= 11 is 1.68. The van der Waals surface area contributed by atoms with Crippen LogP contribution in [0.15, 0.2) is 60.4 Å². The van der Waals surface area contributed by atoms with E-state index in [1.165, 1.54) is 16.5 Å². The fourth-order valence-electron chi connectivity index (χ4n) is 3.73. The van der Waals surface area contributed by atoms with E-state index < -0.39 is 0 Å². The van der Waals surface area contributed by atoms with Crippen molar-refractivity contribution in [1.82, 2.24) is 19.1 Å². The summed E-state index contributed by atoms with van der Waals surface area (Å²) in [6.45, 7) is 1.51. The normalized spacial score (nSPS) is 11.6. The molecule has 0 amide bonds.